The van der Waals surface area contributed by atoms with Gasteiger partial charge in [-0.15, -0.1) is 0 Å². The van der Waals surface area contributed by atoms with E-state index in [2.05, 4.69) is 34.8 Å². The van der Waals surface area contributed by atoms with E-state index in [4.69, 9.17) is 0 Å². The molecule has 138 valence electrons. The van der Waals surface area contributed by atoms with E-state index in [1.54, 1.807) is 12.4 Å². The van der Waals surface area contributed by atoms with Crippen molar-refractivity contribution < 1.29 is 4.79 Å². The molecule has 2 aliphatic heterocycles. The minimum atomic E-state index is 0.0921. The lowest BCUT2D eigenvalue weighted by atomic mass is 9.54. The largest absolute Gasteiger partial charge is 0.337 e. The van der Waals surface area contributed by atoms with Gasteiger partial charge >= 0.3 is 0 Å². The fourth-order valence-electron chi connectivity index (χ4n) is 7.07. The van der Waals surface area contributed by atoms with Crippen LogP contribution in [0.1, 0.15) is 64.5 Å². The summed E-state index contributed by atoms with van der Waals surface area (Å²) >= 11 is 0. The Morgan fingerprint density at radius 2 is 2.04 bits per heavy atom. The Labute approximate surface area is 156 Å². The van der Waals surface area contributed by atoms with Gasteiger partial charge in [-0.05, 0) is 74.2 Å². The molecule has 1 aromatic rings. The maximum Gasteiger partial charge on any atom is 0.223 e. The molecule has 2 unspecified atom stereocenters. The monoisotopic (exact) mass is 351 g/mol. The first-order valence-electron chi connectivity index (χ1n) is 10.3. The Kier molecular flexibility index (Phi) is 3.57. The second-order valence-corrected chi connectivity index (χ2v) is 9.32. The summed E-state index contributed by atoms with van der Waals surface area (Å²) in [7, 11) is 0. The number of aromatic nitrogens is 2. The van der Waals surface area contributed by atoms with Crippen LogP contribution in [0.5, 0.6) is 0 Å². The van der Waals surface area contributed by atoms with E-state index in [1.165, 1.54) is 31.3 Å². The van der Waals surface area contributed by atoms with Crippen LogP contribution in [-0.2, 0) is 4.79 Å². The Bertz CT molecular complexity index is 760. The Hall–Kier alpha value is -1.71. The topological polar surface area (TPSA) is 46.1 Å². The molecule has 4 nitrogen and oxygen atoms in total. The third-order valence-electron chi connectivity index (χ3n) is 8.33. The van der Waals surface area contributed by atoms with Gasteiger partial charge in [0.1, 0.15) is 0 Å². The maximum absolute atomic E-state index is 12.8. The smallest absolute Gasteiger partial charge is 0.223 e. The Balaban J connectivity index is 1.51. The number of nitrogens with zero attached hydrogens (tertiary/aromatic N) is 3. The third-order valence-corrected chi connectivity index (χ3v) is 8.33. The van der Waals surface area contributed by atoms with Crippen LogP contribution in [0.4, 0.5) is 0 Å². The van der Waals surface area contributed by atoms with E-state index in [9.17, 15) is 4.79 Å². The molecule has 4 aliphatic rings. The summed E-state index contributed by atoms with van der Waals surface area (Å²) in [5.74, 6) is 2.35. The molecule has 0 spiro atoms. The third kappa shape index (κ3) is 2.10. The van der Waals surface area contributed by atoms with Crippen molar-refractivity contribution in [2.45, 2.75) is 64.3 Å². The van der Waals surface area contributed by atoms with Gasteiger partial charge < -0.3 is 4.90 Å². The highest BCUT2D eigenvalue weighted by Gasteiger charge is 2.58. The molecule has 2 saturated heterocycles. The van der Waals surface area contributed by atoms with Crippen molar-refractivity contribution in [3.63, 3.8) is 0 Å². The number of carbonyl (C=O) groups excluding carboxylic acids is 1. The summed E-state index contributed by atoms with van der Waals surface area (Å²) in [4.78, 5) is 24.0. The summed E-state index contributed by atoms with van der Waals surface area (Å²) in [6.45, 7) is 5.81. The second kappa shape index (κ2) is 5.64. The van der Waals surface area contributed by atoms with Gasteiger partial charge in [-0.25, -0.2) is 0 Å². The normalized spacial score (nSPS) is 41.9. The van der Waals surface area contributed by atoms with Gasteiger partial charge in [-0.1, -0.05) is 13.0 Å². The fraction of sp³-hybridized carbons (Fsp3) is 0.682. The van der Waals surface area contributed by atoms with Gasteiger partial charge in [0.05, 0.1) is 11.9 Å². The second-order valence-electron chi connectivity index (χ2n) is 9.32. The molecule has 4 heteroatoms. The molecule has 0 radical (unpaired) electrons. The van der Waals surface area contributed by atoms with E-state index >= 15 is 0 Å². The molecule has 0 bridgehead atoms. The molecule has 3 heterocycles. The highest BCUT2D eigenvalue weighted by atomic mass is 16.2. The molecule has 1 aromatic heterocycles. The van der Waals surface area contributed by atoms with Crippen LogP contribution in [0.15, 0.2) is 24.7 Å². The van der Waals surface area contributed by atoms with Crippen LogP contribution in [0.25, 0.3) is 5.57 Å². The van der Waals surface area contributed by atoms with Crippen LogP contribution < -0.4 is 0 Å². The average Bonchev–Trinajstić information content (AvgIpc) is 3.18. The molecule has 3 fully saturated rings. The molecule has 0 aromatic carbocycles. The average molecular weight is 351 g/mol. The molecule has 1 amide bonds. The van der Waals surface area contributed by atoms with Crippen molar-refractivity contribution in [2.24, 2.45) is 23.2 Å². The summed E-state index contributed by atoms with van der Waals surface area (Å²) in [6.07, 6.45) is 15.6. The zero-order chi connectivity index (χ0) is 17.9. The quantitative estimate of drug-likeness (QED) is 0.766. The molecule has 1 saturated carbocycles. The van der Waals surface area contributed by atoms with Crippen molar-refractivity contribution in [1.82, 2.24) is 14.9 Å². The molecular weight excluding hydrogens is 322 g/mol. The number of hydrogen-bond acceptors (Lipinski definition) is 3. The lowest BCUT2D eigenvalue weighted by molar-refractivity contribution is -0.135. The summed E-state index contributed by atoms with van der Waals surface area (Å²) < 4.78 is 0. The predicted octanol–water partition coefficient (Wildman–Crippen LogP) is 4.09. The molecular formula is C22H29N3O. The van der Waals surface area contributed by atoms with Gasteiger partial charge in [-0.3, -0.25) is 14.8 Å². The lowest BCUT2D eigenvalue weighted by Crippen LogP contribution is -2.53. The van der Waals surface area contributed by atoms with Crippen molar-refractivity contribution in [2.75, 3.05) is 6.54 Å². The minimum absolute atomic E-state index is 0.0921. The first-order chi connectivity index (χ1) is 12.5. The number of allylic oxidation sites excluding steroid dienone is 2. The summed E-state index contributed by atoms with van der Waals surface area (Å²) in [6, 6.07) is 0. The lowest BCUT2D eigenvalue weighted by Gasteiger charge is -2.53. The molecule has 5 atom stereocenters. The SMILES string of the molecule is C[C@]12CCC3[C@@H](CCC(=O)N4CCC[C@]34C)C1CC=C2c1cnccn1. The first kappa shape index (κ1) is 16.5. The standard InChI is InChI=1S/C22H29N3O/c1-21-10-8-17-15(4-7-20(26)25-13-3-9-22(17,25)2)16(21)5-6-18(21)19-14-23-11-12-24-19/h6,11-12,14-17H,3-5,7-10,13H2,1-2H3/t15-,16?,17?,21-,22+/m0/s1. The minimum Gasteiger partial charge on any atom is -0.337 e. The summed E-state index contributed by atoms with van der Waals surface area (Å²) in [5.41, 5.74) is 2.73. The van der Waals surface area contributed by atoms with Gasteiger partial charge in [0.2, 0.25) is 5.91 Å². The van der Waals surface area contributed by atoms with E-state index in [1.807, 2.05) is 6.20 Å². The molecule has 5 rings (SSSR count). The van der Waals surface area contributed by atoms with Crippen LogP contribution in [0.2, 0.25) is 0 Å². The molecule has 0 N–H and O–H groups in total. The summed E-state index contributed by atoms with van der Waals surface area (Å²) in [5, 5.41) is 0. The van der Waals surface area contributed by atoms with Crippen LogP contribution >= 0.6 is 0 Å². The van der Waals surface area contributed by atoms with Crippen LogP contribution in [0.3, 0.4) is 0 Å². The van der Waals surface area contributed by atoms with E-state index < -0.39 is 0 Å². The van der Waals surface area contributed by atoms with Crippen molar-refractivity contribution >= 4 is 11.5 Å². The van der Waals surface area contributed by atoms with Gasteiger partial charge in [0, 0.05) is 30.9 Å². The maximum atomic E-state index is 12.8. The Morgan fingerprint density at radius 1 is 1.15 bits per heavy atom. The zero-order valence-electron chi connectivity index (χ0n) is 15.9. The van der Waals surface area contributed by atoms with Gasteiger partial charge in [0.25, 0.3) is 0 Å². The first-order valence-corrected chi connectivity index (χ1v) is 10.3. The zero-order valence-corrected chi connectivity index (χ0v) is 15.9. The van der Waals surface area contributed by atoms with E-state index in [0.29, 0.717) is 23.7 Å². The fourth-order valence-corrected chi connectivity index (χ4v) is 7.07. The number of carbonyl (C=O) groups is 1. The molecule has 2 aliphatic carbocycles. The van der Waals surface area contributed by atoms with Gasteiger partial charge in [0.15, 0.2) is 0 Å². The van der Waals surface area contributed by atoms with E-state index in [-0.39, 0.29) is 11.0 Å². The van der Waals surface area contributed by atoms with Crippen LogP contribution in [-0.4, -0.2) is 32.9 Å². The number of hydrogen-bond donors (Lipinski definition) is 0. The molecule has 26 heavy (non-hydrogen) atoms. The van der Waals surface area contributed by atoms with Gasteiger partial charge in [-0.2, -0.15) is 0 Å². The number of amides is 1. The van der Waals surface area contributed by atoms with Crippen LogP contribution in [0, 0.1) is 23.2 Å². The Morgan fingerprint density at radius 3 is 2.85 bits per heavy atom. The van der Waals surface area contributed by atoms with E-state index in [0.717, 1.165) is 31.5 Å². The highest BCUT2D eigenvalue weighted by Crippen LogP contribution is 2.63. The number of rotatable bonds is 1. The predicted molar refractivity (Wildman–Crippen MR) is 101 cm³/mol. The van der Waals surface area contributed by atoms with Crippen molar-refractivity contribution in [3.8, 4) is 0 Å². The number of fused-ring (bicyclic) bond motifs is 5. The van der Waals surface area contributed by atoms with Crippen molar-refractivity contribution in [1.29, 1.82) is 0 Å². The highest BCUT2D eigenvalue weighted by molar-refractivity contribution is 5.78. The van der Waals surface area contributed by atoms with Crippen molar-refractivity contribution in [3.05, 3.63) is 30.4 Å².